The van der Waals surface area contributed by atoms with E-state index in [1.54, 1.807) is 24.3 Å². The highest BCUT2D eigenvalue weighted by molar-refractivity contribution is 5.94. The molecule has 1 aromatic carbocycles. The average molecular weight is 381 g/mol. The standard InChI is InChI=1S/C22H27N3O3/c1-15(26)28-18-12-10-16(11-13-18)22(27)25(17-6-3-4-7-17)14-20-19-8-5-9-21(19)24(2)23-20/h10-13,17H,3-9,14H2,1-2H3. The number of ether oxygens (including phenoxy) is 1. The molecular formula is C22H27N3O3. The van der Waals surface area contributed by atoms with Gasteiger partial charge in [0.25, 0.3) is 5.91 Å². The maximum atomic E-state index is 13.4. The summed E-state index contributed by atoms with van der Waals surface area (Å²) in [5.74, 6) is 0.119. The molecule has 1 amide bonds. The number of nitrogens with zero attached hydrogens (tertiary/aromatic N) is 3. The van der Waals surface area contributed by atoms with Gasteiger partial charge in [0, 0.05) is 31.3 Å². The summed E-state index contributed by atoms with van der Waals surface area (Å²) in [6, 6.07) is 7.11. The summed E-state index contributed by atoms with van der Waals surface area (Å²) in [5, 5.41) is 4.73. The normalized spacial score (nSPS) is 16.2. The Hall–Kier alpha value is -2.63. The number of hydrogen-bond acceptors (Lipinski definition) is 4. The molecule has 0 spiro atoms. The summed E-state index contributed by atoms with van der Waals surface area (Å²) in [7, 11) is 2.00. The second kappa shape index (κ2) is 7.78. The van der Waals surface area contributed by atoms with Gasteiger partial charge in [-0.05, 0) is 61.9 Å². The minimum absolute atomic E-state index is 0.0266. The third-order valence-corrected chi connectivity index (χ3v) is 5.91. The molecule has 0 radical (unpaired) electrons. The molecule has 2 aromatic rings. The summed E-state index contributed by atoms with van der Waals surface area (Å²) < 4.78 is 7.07. The fourth-order valence-corrected chi connectivity index (χ4v) is 4.57. The third-order valence-electron chi connectivity index (χ3n) is 5.91. The van der Waals surface area contributed by atoms with Crippen LogP contribution in [0.25, 0.3) is 0 Å². The van der Waals surface area contributed by atoms with Crippen LogP contribution in [-0.4, -0.2) is 32.6 Å². The van der Waals surface area contributed by atoms with E-state index in [1.165, 1.54) is 37.4 Å². The molecule has 1 aromatic heterocycles. The van der Waals surface area contributed by atoms with E-state index in [1.807, 2.05) is 16.6 Å². The van der Waals surface area contributed by atoms with Crippen LogP contribution in [0, 0.1) is 0 Å². The van der Waals surface area contributed by atoms with E-state index in [2.05, 4.69) is 0 Å². The Bertz CT molecular complexity index is 879. The Morgan fingerprint density at radius 2 is 1.86 bits per heavy atom. The summed E-state index contributed by atoms with van der Waals surface area (Å²) in [6.45, 7) is 1.94. The number of rotatable bonds is 5. The van der Waals surface area contributed by atoms with Crippen LogP contribution >= 0.6 is 0 Å². The van der Waals surface area contributed by atoms with E-state index in [0.29, 0.717) is 17.9 Å². The molecule has 6 heteroatoms. The summed E-state index contributed by atoms with van der Waals surface area (Å²) >= 11 is 0. The van der Waals surface area contributed by atoms with Crippen molar-refractivity contribution in [2.45, 2.75) is 64.5 Å². The van der Waals surface area contributed by atoms with Crippen LogP contribution in [0.4, 0.5) is 0 Å². The van der Waals surface area contributed by atoms with Crippen molar-refractivity contribution in [3.05, 3.63) is 46.8 Å². The minimum atomic E-state index is -0.365. The SMILES string of the molecule is CC(=O)Oc1ccc(C(=O)N(Cc2nn(C)c3c2CCC3)C2CCCC2)cc1. The molecule has 4 rings (SSSR count). The van der Waals surface area contributed by atoms with Gasteiger partial charge in [0.05, 0.1) is 12.2 Å². The van der Waals surface area contributed by atoms with Gasteiger partial charge in [-0.1, -0.05) is 12.8 Å². The number of amides is 1. The van der Waals surface area contributed by atoms with Crippen LogP contribution in [0.2, 0.25) is 0 Å². The molecule has 6 nitrogen and oxygen atoms in total. The van der Waals surface area contributed by atoms with E-state index in [9.17, 15) is 9.59 Å². The van der Waals surface area contributed by atoms with E-state index in [-0.39, 0.29) is 17.9 Å². The number of aromatic nitrogens is 2. The van der Waals surface area contributed by atoms with E-state index in [0.717, 1.165) is 31.4 Å². The molecular weight excluding hydrogens is 354 g/mol. The smallest absolute Gasteiger partial charge is 0.308 e. The fraction of sp³-hybridized carbons (Fsp3) is 0.500. The van der Waals surface area contributed by atoms with Crippen LogP contribution in [0.3, 0.4) is 0 Å². The highest BCUT2D eigenvalue weighted by Crippen LogP contribution is 2.30. The van der Waals surface area contributed by atoms with Crippen LogP contribution in [0.15, 0.2) is 24.3 Å². The molecule has 1 heterocycles. The Balaban J connectivity index is 1.58. The molecule has 1 saturated carbocycles. The molecule has 0 saturated heterocycles. The number of carbonyl (C=O) groups is 2. The van der Waals surface area contributed by atoms with Crippen LogP contribution in [0.1, 0.15) is 66.3 Å². The first-order valence-corrected chi connectivity index (χ1v) is 10.2. The Morgan fingerprint density at radius 1 is 1.14 bits per heavy atom. The molecule has 0 unspecified atom stereocenters. The number of esters is 1. The Labute approximate surface area is 165 Å². The maximum absolute atomic E-state index is 13.4. The maximum Gasteiger partial charge on any atom is 0.308 e. The minimum Gasteiger partial charge on any atom is -0.427 e. The van der Waals surface area contributed by atoms with Gasteiger partial charge in [-0.15, -0.1) is 0 Å². The monoisotopic (exact) mass is 381 g/mol. The molecule has 148 valence electrons. The lowest BCUT2D eigenvalue weighted by Gasteiger charge is -2.29. The summed E-state index contributed by atoms with van der Waals surface area (Å²) in [4.78, 5) is 26.5. The van der Waals surface area contributed by atoms with Crippen molar-refractivity contribution >= 4 is 11.9 Å². The summed E-state index contributed by atoms with van der Waals surface area (Å²) in [5.41, 5.74) is 4.32. The van der Waals surface area contributed by atoms with Gasteiger partial charge in [0.2, 0.25) is 0 Å². The second-order valence-electron chi connectivity index (χ2n) is 7.84. The Morgan fingerprint density at radius 3 is 2.54 bits per heavy atom. The number of hydrogen-bond donors (Lipinski definition) is 0. The van der Waals surface area contributed by atoms with Crippen molar-refractivity contribution in [3.63, 3.8) is 0 Å². The van der Waals surface area contributed by atoms with Crippen molar-refractivity contribution < 1.29 is 14.3 Å². The predicted molar refractivity (Wildman–Crippen MR) is 105 cm³/mol. The lowest BCUT2D eigenvalue weighted by Crippen LogP contribution is -2.38. The number of fused-ring (bicyclic) bond motifs is 1. The second-order valence-corrected chi connectivity index (χ2v) is 7.84. The molecule has 2 aliphatic carbocycles. The molecule has 0 N–H and O–H groups in total. The van der Waals surface area contributed by atoms with Crippen LogP contribution < -0.4 is 4.74 Å². The number of carbonyl (C=O) groups excluding carboxylic acids is 2. The zero-order chi connectivity index (χ0) is 19.7. The van der Waals surface area contributed by atoms with Crippen molar-refractivity contribution in [1.29, 1.82) is 0 Å². The van der Waals surface area contributed by atoms with Crippen LogP contribution in [0.5, 0.6) is 5.75 Å². The van der Waals surface area contributed by atoms with Gasteiger partial charge in [0.15, 0.2) is 0 Å². The third kappa shape index (κ3) is 3.68. The van der Waals surface area contributed by atoms with Gasteiger partial charge >= 0.3 is 5.97 Å². The van der Waals surface area contributed by atoms with Crippen LogP contribution in [-0.2, 0) is 31.2 Å². The van der Waals surface area contributed by atoms with Gasteiger partial charge in [-0.3, -0.25) is 14.3 Å². The van der Waals surface area contributed by atoms with Crippen molar-refractivity contribution in [2.24, 2.45) is 7.05 Å². The fourth-order valence-electron chi connectivity index (χ4n) is 4.57. The number of benzene rings is 1. The van der Waals surface area contributed by atoms with Crippen molar-refractivity contribution in [1.82, 2.24) is 14.7 Å². The highest BCUT2D eigenvalue weighted by Gasteiger charge is 2.30. The first kappa shape index (κ1) is 18.7. The highest BCUT2D eigenvalue weighted by atomic mass is 16.5. The Kier molecular flexibility index (Phi) is 5.20. The topological polar surface area (TPSA) is 64.4 Å². The van der Waals surface area contributed by atoms with Gasteiger partial charge < -0.3 is 9.64 Å². The zero-order valence-corrected chi connectivity index (χ0v) is 16.6. The molecule has 28 heavy (non-hydrogen) atoms. The summed E-state index contributed by atoms with van der Waals surface area (Å²) in [6.07, 6.45) is 7.73. The predicted octanol–water partition coefficient (Wildman–Crippen LogP) is 3.42. The molecule has 1 fully saturated rings. The first-order valence-electron chi connectivity index (χ1n) is 10.2. The zero-order valence-electron chi connectivity index (χ0n) is 16.6. The van der Waals surface area contributed by atoms with Crippen molar-refractivity contribution in [2.75, 3.05) is 0 Å². The lowest BCUT2D eigenvalue weighted by molar-refractivity contribution is -0.131. The van der Waals surface area contributed by atoms with Gasteiger partial charge in [-0.2, -0.15) is 5.10 Å². The molecule has 2 aliphatic rings. The van der Waals surface area contributed by atoms with E-state index >= 15 is 0 Å². The van der Waals surface area contributed by atoms with E-state index in [4.69, 9.17) is 9.84 Å². The largest absolute Gasteiger partial charge is 0.427 e. The number of aryl methyl sites for hydroxylation is 1. The van der Waals surface area contributed by atoms with E-state index < -0.39 is 0 Å². The molecule has 0 atom stereocenters. The van der Waals surface area contributed by atoms with Crippen molar-refractivity contribution in [3.8, 4) is 5.75 Å². The molecule has 0 aliphatic heterocycles. The van der Waals surface area contributed by atoms with Gasteiger partial charge in [0.1, 0.15) is 5.75 Å². The quantitative estimate of drug-likeness (QED) is 0.588. The lowest BCUT2D eigenvalue weighted by atomic mass is 10.1. The average Bonchev–Trinajstić information content (AvgIpc) is 3.40. The first-order chi connectivity index (χ1) is 13.5. The van der Waals surface area contributed by atoms with Gasteiger partial charge in [-0.25, -0.2) is 0 Å². The molecule has 0 bridgehead atoms.